The van der Waals surface area contributed by atoms with Gasteiger partial charge in [-0.15, -0.1) is 5.10 Å². The number of carboxylic acid groups (broad SMARTS) is 1. The number of oxazole rings is 1. The van der Waals surface area contributed by atoms with Crippen LogP contribution in [0.3, 0.4) is 0 Å². The lowest BCUT2D eigenvalue weighted by Gasteiger charge is -2.38. The highest BCUT2D eigenvalue weighted by atomic mass is 19.1. The molecule has 4 heterocycles. The van der Waals surface area contributed by atoms with Crippen LogP contribution in [-0.4, -0.2) is 75.8 Å². The third kappa shape index (κ3) is 4.17. The Morgan fingerprint density at radius 1 is 0.971 bits per heavy atom. The van der Waals surface area contributed by atoms with Crippen molar-refractivity contribution in [2.75, 3.05) is 0 Å². The predicted octanol–water partition coefficient (Wildman–Crippen LogP) is 0.866. The molecule has 1 aliphatic rings. The molecule has 5 rings (SSSR count). The first kappa shape index (κ1) is 22.7. The van der Waals surface area contributed by atoms with Crippen molar-refractivity contribution in [2.45, 2.75) is 30.6 Å². The van der Waals surface area contributed by atoms with E-state index in [1.165, 1.54) is 18.3 Å². The second-order valence-electron chi connectivity index (χ2n) is 7.78. The fraction of sp³-hybridized carbons (Fsp3) is 0.227. The summed E-state index contributed by atoms with van der Waals surface area (Å²) in [6, 6.07) is 9.08. The minimum Gasteiger partial charge on any atom is -0.479 e. The normalized spacial score (nSPS) is 24.4. The van der Waals surface area contributed by atoms with Crippen molar-refractivity contribution >= 4 is 5.97 Å². The van der Waals surface area contributed by atoms with Gasteiger partial charge in [-0.25, -0.2) is 18.9 Å². The number of pyridine rings is 1. The number of hydrogen-bond acceptors (Lipinski definition) is 10. The molecular formula is C22H18FN5O7. The van der Waals surface area contributed by atoms with Crippen LogP contribution in [0.2, 0.25) is 0 Å². The summed E-state index contributed by atoms with van der Waals surface area (Å²) in [5.41, 5.74) is 1.74. The first-order valence-corrected chi connectivity index (χ1v) is 10.4. The molecule has 13 heteroatoms. The molecule has 1 aliphatic heterocycles. The Labute approximate surface area is 195 Å². The van der Waals surface area contributed by atoms with E-state index < -0.39 is 42.4 Å². The second-order valence-corrected chi connectivity index (χ2v) is 7.78. The number of benzene rings is 1. The third-order valence-electron chi connectivity index (χ3n) is 5.51. The molecule has 180 valence electrons. The number of aliphatic carboxylic acids is 1. The molecule has 1 unspecified atom stereocenters. The largest absolute Gasteiger partial charge is 0.479 e. The van der Waals surface area contributed by atoms with Crippen molar-refractivity contribution in [3.05, 3.63) is 60.8 Å². The Hall–Kier alpha value is -4.04. The molecule has 5 atom stereocenters. The van der Waals surface area contributed by atoms with Gasteiger partial charge < -0.3 is 29.6 Å². The molecule has 1 aromatic carbocycles. The molecule has 35 heavy (non-hydrogen) atoms. The quantitative estimate of drug-likeness (QED) is 0.317. The van der Waals surface area contributed by atoms with Gasteiger partial charge in [-0.2, -0.15) is 0 Å². The average molecular weight is 483 g/mol. The number of aromatic nitrogens is 5. The van der Waals surface area contributed by atoms with Gasteiger partial charge in [0, 0.05) is 23.5 Å². The number of carboxylic acids is 1. The Kier molecular flexibility index (Phi) is 5.82. The fourth-order valence-corrected chi connectivity index (χ4v) is 3.72. The number of carbonyl (C=O) groups is 1. The zero-order valence-electron chi connectivity index (χ0n) is 17.7. The van der Waals surface area contributed by atoms with Crippen molar-refractivity contribution in [3.8, 4) is 34.2 Å². The summed E-state index contributed by atoms with van der Waals surface area (Å²) in [4.78, 5) is 19.9. The third-order valence-corrected chi connectivity index (χ3v) is 5.51. The maximum atomic E-state index is 13.5. The van der Waals surface area contributed by atoms with Gasteiger partial charge in [-0.1, -0.05) is 5.21 Å². The van der Waals surface area contributed by atoms with Gasteiger partial charge in [0.05, 0.1) is 6.20 Å². The Morgan fingerprint density at radius 3 is 2.37 bits per heavy atom. The van der Waals surface area contributed by atoms with E-state index in [0.29, 0.717) is 22.6 Å². The van der Waals surface area contributed by atoms with Crippen LogP contribution in [0.1, 0.15) is 6.23 Å². The van der Waals surface area contributed by atoms with Crippen LogP contribution in [0.4, 0.5) is 4.39 Å². The SMILES string of the molecule is O=C(O)[C@H]1OC(n2cc(-c3nc(-c4ccc(F)cc4)c(-c4ccncc4)o3)nn2)[C@H](O)[C@@H](O)[C@@H]1O. The number of rotatable bonds is 5. The molecule has 0 radical (unpaired) electrons. The predicted molar refractivity (Wildman–Crippen MR) is 114 cm³/mol. The minimum atomic E-state index is -1.84. The molecule has 0 amide bonds. The van der Waals surface area contributed by atoms with Crippen LogP contribution in [-0.2, 0) is 9.53 Å². The average Bonchev–Trinajstić information content (AvgIpc) is 3.51. The number of aliphatic hydroxyl groups is 3. The van der Waals surface area contributed by atoms with Gasteiger partial charge in [0.2, 0.25) is 5.89 Å². The summed E-state index contributed by atoms with van der Waals surface area (Å²) in [6.45, 7) is 0. The maximum absolute atomic E-state index is 13.5. The van der Waals surface area contributed by atoms with Crippen molar-refractivity contribution in [3.63, 3.8) is 0 Å². The first-order valence-electron chi connectivity index (χ1n) is 10.4. The molecule has 0 aliphatic carbocycles. The molecule has 0 bridgehead atoms. The number of aliphatic hydroxyl groups excluding tert-OH is 3. The number of halogens is 1. The van der Waals surface area contributed by atoms with E-state index in [-0.39, 0.29) is 11.6 Å². The lowest BCUT2D eigenvalue weighted by Crippen LogP contribution is -2.57. The van der Waals surface area contributed by atoms with Gasteiger partial charge in [-0.3, -0.25) is 4.98 Å². The molecule has 0 saturated carbocycles. The Balaban J connectivity index is 1.52. The molecule has 0 spiro atoms. The fourth-order valence-electron chi connectivity index (χ4n) is 3.72. The Bertz CT molecular complexity index is 1340. The topological polar surface area (TPSA) is 177 Å². The summed E-state index contributed by atoms with van der Waals surface area (Å²) >= 11 is 0. The lowest BCUT2D eigenvalue weighted by molar-refractivity contribution is -0.249. The summed E-state index contributed by atoms with van der Waals surface area (Å²) in [6.07, 6.45) is -4.15. The molecule has 3 aromatic heterocycles. The highest BCUT2D eigenvalue weighted by Gasteiger charge is 2.48. The standard InChI is InChI=1S/C22H18FN5O7/c23-12-3-1-10(2-4-12)14-18(11-5-7-24-8-6-11)34-20(25-14)13-9-28(27-26-13)21-17(31)15(29)16(30)19(35-21)22(32)33/h1-9,15-17,19,21,29-31H,(H,32,33)/t15-,16-,17+,19-,21?/m0/s1. The van der Waals surface area contributed by atoms with E-state index in [0.717, 1.165) is 4.68 Å². The van der Waals surface area contributed by atoms with E-state index >= 15 is 0 Å². The molecule has 4 N–H and O–H groups in total. The van der Waals surface area contributed by atoms with Gasteiger partial charge in [-0.05, 0) is 36.4 Å². The summed E-state index contributed by atoms with van der Waals surface area (Å²) in [5, 5.41) is 47.3. The smallest absolute Gasteiger partial charge is 0.335 e. The highest BCUT2D eigenvalue weighted by Crippen LogP contribution is 2.36. The first-order chi connectivity index (χ1) is 16.8. The van der Waals surface area contributed by atoms with E-state index in [4.69, 9.17) is 9.15 Å². The zero-order chi connectivity index (χ0) is 24.7. The van der Waals surface area contributed by atoms with E-state index in [9.17, 15) is 29.6 Å². The van der Waals surface area contributed by atoms with E-state index in [1.54, 1.807) is 36.7 Å². The van der Waals surface area contributed by atoms with Crippen molar-refractivity contribution in [2.24, 2.45) is 0 Å². The van der Waals surface area contributed by atoms with Gasteiger partial charge in [0.1, 0.15) is 29.8 Å². The Morgan fingerprint density at radius 2 is 1.69 bits per heavy atom. The summed E-state index contributed by atoms with van der Waals surface area (Å²) in [5.74, 6) is -1.54. The molecule has 4 aromatic rings. The lowest BCUT2D eigenvalue weighted by atomic mass is 9.98. The van der Waals surface area contributed by atoms with Gasteiger partial charge >= 0.3 is 5.97 Å². The summed E-state index contributed by atoms with van der Waals surface area (Å²) < 4.78 is 25.7. The van der Waals surface area contributed by atoms with E-state index in [2.05, 4.69) is 20.3 Å². The molecule has 1 fully saturated rings. The number of ether oxygens (including phenoxy) is 1. The molecule has 1 saturated heterocycles. The minimum absolute atomic E-state index is 0.0306. The number of nitrogens with zero attached hydrogens (tertiary/aromatic N) is 5. The van der Waals surface area contributed by atoms with Crippen molar-refractivity contribution in [1.29, 1.82) is 0 Å². The van der Waals surface area contributed by atoms with Crippen molar-refractivity contribution in [1.82, 2.24) is 25.0 Å². The van der Waals surface area contributed by atoms with Crippen LogP contribution < -0.4 is 0 Å². The summed E-state index contributed by atoms with van der Waals surface area (Å²) in [7, 11) is 0. The second kappa shape index (κ2) is 8.96. The highest BCUT2D eigenvalue weighted by molar-refractivity contribution is 5.78. The zero-order valence-corrected chi connectivity index (χ0v) is 17.7. The van der Waals surface area contributed by atoms with E-state index in [1.807, 2.05) is 0 Å². The van der Waals surface area contributed by atoms with Crippen LogP contribution in [0.25, 0.3) is 34.2 Å². The monoisotopic (exact) mass is 483 g/mol. The van der Waals surface area contributed by atoms with Crippen molar-refractivity contribution < 1.29 is 38.8 Å². The molecular weight excluding hydrogens is 465 g/mol. The number of hydrogen-bond donors (Lipinski definition) is 4. The molecule has 12 nitrogen and oxygen atoms in total. The van der Waals surface area contributed by atoms with Crippen LogP contribution in [0.5, 0.6) is 0 Å². The van der Waals surface area contributed by atoms with Crippen LogP contribution >= 0.6 is 0 Å². The van der Waals surface area contributed by atoms with Gasteiger partial charge in [0.15, 0.2) is 23.8 Å². The maximum Gasteiger partial charge on any atom is 0.335 e. The van der Waals surface area contributed by atoms with Crippen LogP contribution in [0.15, 0.2) is 59.4 Å². The van der Waals surface area contributed by atoms with Gasteiger partial charge in [0.25, 0.3) is 0 Å². The van der Waals surface area contributed by atoms with Crippen LogP contribution in [0, 0.1) is 5.82 Å².